The highest BCUT2D eigenvalue weighted by atomic mass is 16.5. The van der Waals surface area contributed by atoms with Crippen molar-refractivity contribution in [3.63, 3.8) is 0 Å². The molecule has 0 heterocycles. The Labute approximate surface area is 129 Å². The molecule has 0 aliphatic heterocycles. The Morgan fingerprint density at radius 3 is 2.23 bits per heavy atom. The van der Waals surface area contributed by atoms with Gasteiger partial charge >= 0.3 is 0 Å². The number of benzene rings is 2. The highest BCUT2D eigenvalue weighted by molar-refractivity contribution is 5.95. The lowest BCUT2D eigenvalue weighted by molar-refractivity contribution is -0.118. The molecule has 2 aromatic carbocycles. The number of carbonyl (C=O) groups excluding carboxylic acids is 2. The first-order valence-electron chi connectivity index (χ1n) is 6.91. The quantitative estimate of drug-likeness (QED) is 0.891. The van der Waals surface area contributed by atoms with Gasteiger partial charge < -0.3 is 15.4 Å². The molecule has 114 valence electrons. The van der Waals surface area contributed by atoms with Crippen LogP contribution in [-0.2, 0) is 9.59 Å². The van der Waals surface area contributed by atoms with E-state index in [1.807, 2.05) is 25.1 Å². The number of para-hydroxylation sites is 1. The number of anilines is 2. The van der Waals surface area contributed by atoms with Crippen molar-refractivity contribution in [2.75, 3.05) is 17.2 Å². The second-order valence-electron chi connectivity index (χ2n) is 4.81. The zero-order valence-corrected chi connectivity index (χ0v) is 12.6. The molecule has 0 spiro atoms. The third-order valence-electron chi connectivity index (χ3n) is 3.03. The average molecular weight is 298 g/mol. The Balaban J connectivity index is 1.98. The third kappa shape index (κ3) is 4.34. The summed E-state index contributed by atoms with van der Waals surface area (Å²) in [5, 5.41) is 5.50. The predicted octanol–water partition coefficient (Wildman–Crippen LogP) is 2.97. The molecule has 0 fully saturated rings. The fourth-order valence-electron chi connectivity index (χ4n) is 1.95. The molecule has 2 N–H and O–H groups in total. The summed E-state index contributed by atoms with van der Waals surface area (Å²) >= 11 is 0. The minimum atomic E-state index is -0.257. The van der Waals surface area contributed by atoms with Crippen LogP contribution in [0.25, 0.3) is 0 Å². The molecule has 0 bridgehead atoms. The van der Waals surface area contributed by atoms with E-state index >= 15 is 0 Å². The van der Waals surface area contributed by atoms with Crippen molar-refractivity contribution in [3.8, 4) is 5.75 Å². The van der Waals surface area contributed by atoms with Crippen LogP contribution in [0.2, 0.25) is 0 Å². The maximum absolute atomic E-state index is 11.9. The summed E-state index contributed by atoms with van der Waals surface area (Å²) in [6, 6.07) is 14.5. The summed E-state index contributed by atoms with van der Waals surface area (Å²) in [5.41, 5.74) is 2.12. The van der Waals surface area contributed by atoms with E-state index in [0.717, 1.165) is 5.56 Å². The first-order chi connectivity index (χ1) is 10.6. The summed E-state index contributed by atoms with van der Waals surface area (Å²) in [6.45, 7) is 3.20. The zero-order valence-electron chi connectivity index (χ0n) is 12.6. The molecule has 22 heavy (non-hydrogen) atoms. The molecule has 0 radical (unpaired) electrons. The first kappa shape index (κ1) is 15.6. The predicted molar refractivity (Wildman–Crippen MR) is 86.0 cm³/mol. The van der Waals surface area contributed by atoms with Crippen LogP contribution >= 0.6 is 0 Å². The Bertz CT molecular complexity index is 669. The van der Waals surface area contributed by atoms with Crippen LogP contribution in [0.5, 0.6) is 5.75 Å². The molecular weight excluding hydrogens is 280 g/mol. The van der Waals surface area contributed by atoms with Crippen LogP contribution in [0.4, 0.5) is 11.4 Å². The van der Waals surface area contributed by atoms with Gasteiger partial charge in [-0.05, 0) is 36.8 Å². The molecule has 0 saturated carbocycles. The summed E-state index contributed by atoms with van der Waals surface area (Å²) in [5.74, 6) is 0.229. The lowest BCUT2D eigenvalue weighted by Crippen LogP contribution is -2.21. The maximum atomic E-state index is 11.9. The summed E-state index contributed by atoms with van der Waals surface area (Å²) in [6.07, 6.45) is 0. The van der Waals surface area contributed by atoms with Gasteiger partial charge in [0.15, 0.2) is 6.61 Å². The van der Waals surface area contributed by atoms with Gasteiger partial charge in [-0.3, -0.25) is 9.59 Å². The van der Waals surface area contributed by atoms with Crippen LogP contribution in [0.3, 0.4) is 0 Å². The van der Waals surface area contributed by atoms with Crippen molar-refractivity contribution in [2.45, 2.75) is 13.8 Å². The van der Waals surface area contributed by atoms with Crippen LogP contribution in [0.15, 0.2) is 48.5 Å². The number of ether oxygens (including phenoxy) is 1. The first-order valence-corrected chi connectivity index (χ1v) is 6.91. The number of carbonyl (C=O) groups is 2. The fourth-order valence-corrected chi connectivity index (χ4v) is 1.95. The SMILES string of the molecule is CC(=O)Nc1cccc(NC(=O)COc2ccccc2)c1C. The van der Waals surface area contributed by atoms with Crippen molar-refractivity contribution >= 4 is 23.2 Å². The van der Waals surface area contributed by atoms with E-state index in [1.165, 1.54) is 6.92 Å². The summed E-state index contributed by atoms with van der Waals surface area (Å²) < 4.78 is 5.39. The summed E-state index contributed by atoms with van der Waals surface area (Å²) in [4.78, 5) is 23.1. The van der Waals surface area contributed by atoms with E-state index in [4.69, 9.17) is 4.74 Å². The van der Waals surface area contributed by atoms with Gasteiger partial charge in [-0.1, -0.05) is 24.3 Å². The molecule has 2 rings (SSSR count). The second-order valence-corrected chi connectivity index (χ2v) is 4.81. The van der Waals surface area contributed by atoms with Gasteiger partial charge in [-0.2, -0.15) is 0 Å². The van der Waals surface area contributed by atoms with Crippen LogP contribution in [0, 0.1) is 6.92 Å². The van der Waals surface area contributed by atoms with Gasteiger partial charge in [0.1, 0.15) is 5.75 Å². The Morgan fingerprint density at radius 2 is 1.59 bits per heavy atom. The maximum Gasteiger partial charge on any atom is 0.262 e. The molecule has 0 aromatic heterocycles. The van der Waals surface area contributed by atoms with E-state index in [2.05, 4.69) is 10.6 Å². The van der Waals surface area contributed by atoms with Crippen molar-refractivity contribution in [2.24, 2.45) is 0 Å². The lowest BCUT2D eigenvalue weighted by atomic mass is 10.1. The van der Waals surface area contributed by atoms with Gasteiger partial charge in [0.2, 0.25) is 5.91 Å². The van der Waals surface area contributed by atoms with Crippen molar-refractivity contribution in [1.29, 1.82) is 0 Å². The smallest absolute Gasteiger partial charge is 0.262 e. The molecule has 2 aromatic rings. The number of hydrogen-bond acceptors (Lipinski definition) is 3. The topological polar surface area (TPSA) is 67.4 Å². The number of rotatable bonds is 5. The van der Waals surface area contributed by atoms with E-state index in [9.17, 15) is 9.59 Å². The van der Waals surface area contributed by atoms with E-state index in [-0.39, 0.29) is 18.4 Å². The highest BCUT2D eigenvalue weighted by Crippen LogP contribution is 2.23. The molecule has 0 aliphatic carbocycles. The molecule has 0 saturated heterocycles. The lowest BCUT2D eigenvalue weighted by Gasteiger charge is -2.13. The fraction of sp³-hybridized carbons (Fsp3) is 0.176. The number of nitrogens with one attached hydrogen (secondary N) is 2. The van der Waals surface area contributed by atoms with Crippen molar-refractivity contribution in [3.05, 3.63) is 54.1 Å². The monoisotopic (exact) mass is 298 g/mol. The van der Waals surface area contributed by atoms with Gasteiger partial charge in [0, 0.05) is 18.3 Å². The standard InChI is InChI=1S/C17H18N2O3/c1-12-15(18-13(2)20)9-6-10-16(12)19-17(21)11-22-14-7-4-3-5-8-14/h3-10H,11H2,1-2H3,(H,18,20)(H,19,21). The second kappa shape index (κ2) is 7.26. The zero-order chi connectivity index (χ0) is 15.9. The molecule has 0 unspecified atom stereocenters. The summed E-state index contributed by atoms with van der Waals surface area (Å²) in [7, 11) is 0. The Morgan fingerprint density at radius 1 is 0.955 bits per heavy atom. The van der Waals surface area contributed by atoms with Crippen molar-refractivity contribution in [1.82, 2.24) is 0 Å². The Hall–Kier alpha value is -2.82. The van der Waals surface area contributed by atoms with Crippen LogP contribution < -0.4 is 15.4 Å². The van der Waals surface area contributed by atoms with Gasteiger partial charge in [-0.25, -0.2) is 0 Å². The largest absolute Gasteiger partial charge is 0.484 e. The molecular formula is C17H18N2O3. The number of hydrogen-bond donors (Lipinski definition) is 2. The molecule has 5 nitrogen and oxygen atoms in total. The molecule has 0 aliphatic rings. The minimum absolute atomic E-state index is 0.0756. The molecule has 0 atom stereocenters. The van der Waals surface area contributed by atoms with E-state index in [1.54, 1.807) is 30.3 Å². The van der Waals surface area contributed by atoms with Crippen LogP contribution in [0.1, 0.15) is 12.5 Å². The number of amides is 2. The van der Waals surface area contributed by atoms with Gasteiger partial charge in [-0.15, -0.1) is 0 Å². The van der Waals surface area contributed by atoms with Gasteiger partial charge in [0.05, 0.1) is 0 Å². The molecule has 2 amide bonds. The average Bonchev–Trinajstić information content (AvgIpc) is 2.50. The van der Waals surface area contributed by atoms with Gasteiger partial charge in [0.25, 0.3) is 5.91 Å². The normalized spacial score (nSPS) is 9.91. The Kier molecular flexibility index (Phi) is 5.14. The van der Waals surface area contributed by atoms with E-state index in [0.29, 0.717) is 17.1 Å². The molecule has 5 heteroatoms. The van der Waals surface area contributed by atoms with E-state index < -0.39 is 0 Å². The van der Waals surface area contributed by atoms with Crippen LogP contribution in [-0.4, -0.2) is 18.4 Å². The highest BCUT2D eigenvalue weighted by Gasteiger charge is 2.09. The van der Waals surface area contributed by atoms with Crippen molar-refractivity contribution < 1.29 is 14.3 Å². The minimum Gasteiger partial charge on any atom is -0.484 e. The third-order valence-corrected chi connectivity index (χ3v) is 3.03.